The van der Waals surface area contributed by atoms with Gasteiger partial charge in [-0.2, -0.15) is 0 Å². The maximum absolute atomic E-state index is 2.54. The van der Waals surface area contributed by atoms with E-state index in [0.29, 0.717) is 0 Å². The minimum absolute atomic E-state index is 0.0721. The van der Waals surface area contributed by atoms with Crippen molar-refractivity contribution in [2.75, 3.05) is 0 Å². The third-order valence-electron chi connectivity index (χ3n) is 13.9. The van der Waals surface area contributed by atoms with E-state index >= 15 is 0 Å². The minimum atomic E-state index is -0.0721. The fourth-order valence-corrected chi connectivity index (χ4v) is 12.1. The van der Waals surface area contributed by atoms with Crippen LogP contribution in [0.3, 0.4) is 0 Å². The topological polar surface area (TPSA) is 0 Å². The van der Waals surface area contributed by atoms with E-state index in [1.165, 1.54) is 124 Å². The van der Waals surface area contributed by atoms with Crippen LogP contribution in [-0.2, 0) is 11.8 Å². The first-order valence-corrected chi connectivity index (χ1v) is 22.1. The van der Waals surface area contributed by atoms with E-state index < -0.39 is 0 Å². The summed E-state index contributed by atoms with van der Waals surface area (Å²) in [6.45, 7) is 4.82. The van der Waals surface area contributed by atoms with Crippen LogP contribution in [-0.4, -0.2) is 0 Å². The van der Waals surface area contributed by atoms with Crippen molar-refractivity contribution in [2.24, 2.45) is 0 Å². The third kappa shape index (κ3) is 4.90. The zero-order valence-electron chi connectivity index (χ0n) is 33.6. The van der Waals surface area contributed by atoms with Gasteiger partial charge in [0.1, 0.15) is 0 Å². The lowest BCUT2D eigenvalue weighted by molar-refractivity contribution is 0.661. The van der Waals surface area contributed by atoms with Gasteiger partial charge < -0.3 is 0 Å². The molecule has 0 saturated carbocycles. The fraction of sp³-hybridized carbons (Fsp3) is 0.0847. The van der Waals surface area contributed by atoms with Gasteiger partial charge in [0.05, 0.1) is 0 Å². The Balaban J connectivity index is 0.916. The molecule has 13 rings (SSSR count). The van der Waals surface area contributed by atoms with Crippen molar-refractivity contribution in [3.05, 3.63) is 198 Å². The van der Waals surface area contributed by atoms with Gasteiger partial charge in [-0.1, -0.05) is 147 Å². The first-order valence-electron chi connectivity index (χ1n) is 21.3. The molecule has 11 aromatic rings. The van der Waals surface area contributed by atoms with Gasteiger partial charge in [0.25, 0.3) is 0 Å². The Morgan fingerprint density at radius 2 is 0.967 bits per heavy atom. The van der Waals surface area contributed by atoms with E-state index in [1.54, 1.807) is 5.56 Å². The average molecular weight is 781 g/mol. The maximum Gasteiger partial charge on any atom is 0.0358 e. The molecule has 0 fully saturated rings. The highest BCUT2D eigenvalue weighted by Crippen LogP contribution is 2.52. The van der Waals surface area contributed by atoms with Crippen LogP contribution < -0.4 is 0 Å². The second-order valence-corrected chi connectivity index (χ2v) is 18.6. The summed E-state index contributed by atoms with van der Waals surface area (Å²) < 4.78 is 1.41. The summed E-state index contributed by atoms with van der Waals surface area (Å²) in [6, 6.07) is 64.5. The number of hydrogen-bond donors (Lipinski definition) is 0. The lowest BCUT2D eigenvalue weighted by Crippen LogP contribution is -2.14. The van der Waals surface area contributed by atoms with Gasteiger partial charge in [-0.3, -0.25) is 0 Å². The molecule has 0 aliphatic heterocycles. The lowest BCUT2D eigenvalue weighted by atomic mass is 9.81. The van der Waals surface area contributed by atoms with Crippen molar-refractivity contribution in [1.29, 1.82) is 0 Å². The molecular formula is C59H40S. The lowest BCUT2D eigenvalue weighted by Gasteiger charge is -2.22. The molecule has 282 valence electrons. The summed E-state index contributed by atoms with van der Waals surface area (Å²) in [5.74, 6) is 0. The molecule has 0 spiro atoms. The van der Waals surface area contributed by atoms with E-state index in [4.69, 9.17) is 0 Å². The molecule has 0 unspecified atom stereocenters. The number of allylic oxidation sites excluding steroid dienone is 1. The SMILES string of the molecule is CC1(C)c2ccc(-c3ccc4cc(-c5c6ccccc6c(-c6ccc7ccccc7c6)c6ccccc56)ccc4c3)cc2-c2cc3ccc4sc5c(c4c3cc21)CCC=C5. The van der Waals surface area contributed by atoms with Crippen molar-refractivity contribution in [2.45, 2.75) is 32.1 Å². The van der Waals surface area contributed by atoms with Crippen LogP contribution in [0.2, 0.25) is 0 Å². The Kier molecular flexibility index (Phi) is 7.16. The summed E-state index contributed by atoms with van der Waals surface area (Å²) in [5, 5.41) is 14.4. The predicted octanol–water partition coefficient (Wildman–Crippen LogP) is 16.9. The number of thiophene rings is 1. The summed E-state index contributed by atoms with van der Waals surface area (Å²) in [5.41, 5.74) is 14.7. The molecule has 10 aromatic carbocycles. The smallest absolute Gasteiger partial charge is 0.0358 e. The van der Waals surface area contributed by atoms with Crippen LogP contribution in [0.5, 0.6) is 0 Å². The van der Waals surface area contributed by atoms with Crippen LogP contribution in [0, 0.1) is 0 Å². The molecule has 0 saturated heterocycles. The summed E-state index contributed by atoms with van der Waals surface area (Å²) in [6.07, 6.45) is 6.93. The van der Waals surface area contributed by atoms with E-state index in [2.05, 4.69) is 196 Å². The van der Waals surface area contributed by atoms with E-state index in [0.717, 1.165) is 12.8 Å². The van der Waals surface area contributed by atoms with Crippen molar-refractivity contribution < 1.29 is 0 Å². The van der Waals surface area contributed by atoms with E-state index in [-0.39, 0.29) is 5.41 Å². The minimum Gasteiger partial charge on any atom is -0.136 e. The first kappa shape index (κ1) is 34.1. The van der Waals surface area contributed by atoms with Gasteiger partial charge in [0.15, 0.2) is 0 Å². The molecule has 1 heterocycles. The van der Waals surface area contributed by atoms with E-state index in [1.807, 2.05) is 11.3 Å². The Bertz CT molecular complexity index is 3630. The number of fused-ring (bicyclic) bond motifs is 12. The molecule has 0 N–H and O–H groups in total. The highest BCUT2D eigenvalue weighted by atomic mass is 32.1. The van der Waals surface area contributed by atoms with Gasteiger partial charge in [-0.15, -0.1) is 11.3 Å². The Morgan fingerprint density at radius 1 is 0.433 bits per heavy atom. The summed E-state index contributed by atoms with van der Waals surface area (Å²) in [7, 11) is 0. The molecule has 0 atom stereocenters. The largest absolute Gasteiger partial charge is 0.136 e. The molecule has 0 nitrogen and oxygen atoms in total. The monoisotopic (exact) mass is 780 g/mol. The third-order valence-corrected chi connectivity index (χ3v) is 15.0. The Morgan fingerprint density at radius 3 is 1.67 bits per heavy atom. The molecular weight excluding hydrogens is 741 g/mol. The van der Waals surface area contributed by atoms with Crippen LogP contribution in [0.1, 0.15) is 41.8 Å². The second-order valence-electron chi connectivity index (χ2n) is 17.5. The van der Waals surface area contributed by atoms with Crippen molar-refractivity contribution in [1.82, 2.24) is 0 Å². The van der Waals surface area contributed by atoms with Crippen LogP contribution in [0.25, 0.3) is 115 Å². The van der Waals surface area contributed by atoms with E-state index in [9.17, 15) is 0 Å². The van der Waals surface area contributed by atoms with Crippen molar-refractivity contribution in [3.8, 4) is 44.5 Å². The van der Waals surface area contributed by atoms with Gasteiger partial charge in [-0.25, -0.2) is 0 Å². The van der Waals surface area contributed by atoms with Crippen molar-refractivity contribution in [3.63, 3.8) is 0 Å². The van der Waals surface area contributed by atoms with Gasteiger partial charge >= 0.3 is 0 Å². The number of rotatable bonds is 3. The maximum atomic E-state index is 2.54. The standard InChI is InChI=1S/C59H40S/c1-59(2)52-27-25-40(32-50(52)51-33-41-26-28-55-58(49(41)34-53(51)59)48-17-9-10-18-54(48)60-55)38-20-21-39-31-43(24-22-37(39)29-38)57-46-15-7-5-13-44(46)56(45-14-6-8-16-47(45)57)42-23-19-35-11-3-4-12-36(35)30-42/h3-8,10-16,18-34H,9,17H2,1-2H3. The molecule has 0 radical (unpaired) electrons. The zero-order valence-corrected chi connectivity index (χ0v) is 34.5. The number of hydrogen-bond acceptors (Lipinski definition) is 1. The molecule has 1 heteroatoms. The summed E-state index contributed by atoms with van der Waals surface area (Å²) in [4.78, 5) is 1.44. The average Bonchev–Trinajstić information content (AvgIpc) is 3.78. The molecule has 2 aliphatic rings. The normalized spacial score (nSPS) is 14.1. The van der Waals surface area contributed by atoms with Crippen molar-refractivity contribution >= 4 is 81.4 Å². The van der Waals surface area contributed by atoms with Crippen LogP contribution >= 0.6 is 11.3 Å². The molecule has 0 amide bonds. The molecule has 60 heavy (non-hydrogen) atoms. The summed E-state index contributed by atoms with van der Waals surface area (Å²) >= 11 is 1.95. The molecule has 0 bridgehead atoms. The highest BCUT2D eigenvalue weighted by molar-refractivity contribution is 7.20. The predicted molar refractivity (Wildman–Crippen MR) is 261 cm³/mol. The van der Waals surface area contributed by atoms with Crippen LogP contribution in [0.4, 0.5) is 0 Å². The van der Waals surface area contributed by atoms with Gasteiger partial charge in [0, 0.05) is 20.4 Å². The Labute approximate surface area is 353 Å². The zero-order chi connectivity index (χ0) is 39.7. The highest BCUT2D eigenvalue weighted by Gasteiger charge is 2.36. The first-order chi connectivity index (χ1) is 29.5. The fourth-order valence-electron chi connectivity index (χ4n) is 10.9. The van der Waals surface area contributed by atoms with Gasteiger partial charge in [-0.05, 0) is 176 Å². The molecule has 1 aromatic heterocycles. The molecule has 2 aliphatic carbocycles. The quantitative estimate of drug-likeness (QED) is 0.157. The van der Waals surface area contributed by atoms with Gasteiger partial charge in [0.2, 0.25) is 0 Å². The number of benzene rings is 10. The number of aryl methyl sites for hydroxylation is 1. The second kappa shape index (κ2) is 12.6. The Hall–Kier alpha value is -6.80. The van der Waals surface area contributed by atoms with Crippen LogP contribution in [0.15, 0.2) is 176 Å².